The second-order valence-corrected chi connectivity index (χ2v) is 7.28. The third kappa shape index (κ3) is 4.37. The van der Waals surface area contributed by atoms with Gasteiger partial charge in [-0.15, -0.1) is 0 Å². The van der Waals surface area contributed by atoms with Crippen LogP contribution in [0.15, 0.2) is 30.3 Å². The molecule has 3 aliphatic rings. The van der Waals surface area contributed by atoms with Crippen molar-refractivity contribution < 1.29 is 9.90 Å². The van der Waals surface area contributed by atoms with Crippen molar-refractivity contribution in [2.24, 2.45) is 5.92 Å². The molecule has 2 bridgehead atoms. The molecule has 3 aliphatic heterocycles. The van der Waals surface area contributed by atoms with E-state index in [0.29, 0.717) is 18.6 Å². The Bertz CT molecular complexity index is 520. The van der Waals surface area contributed by atoms with E-state index in [1.165, 1.54) is 18.4 Å². The Morgan fingerprint density at radius 1 is 1.00 bits per heavy atom. The first kappa shape index (κ1) is 17.4. The average Bonchev–Trinajstić information content (AvgIpc) is 2.88. The molecule has 1 aromatic rings. The Morgan fingerprint density at radius 3 is 2.58 bits per heavy atom. The summed E-state index contributed by atoms with van der Waals surface area (Å²) < 4.78 is 0. The highest BCUT2D eigenvalue weighted by molar-refractivity contribution is 5.80. The fourth-order valence-electron chi connectivity index (χ4n) is 4.10. The van der Waals surface area contributed by atoms with Gasteiger partial charge in [-0.05, 0) is 37.8 Å². The number of hydrogen-bond donors (Lipinski definition) is 1. The monoisotopic (exact) mass is 330 g/mol. The number of nitrogens with zero attached hydrogens (tertiary/aromatic N) is 2. The molecule has 24 heavy (non-hydrogen) atoms. The van der Waals surface area contributed by atoms with Crippen molar-refractivity contribution in [3.05, 3.63) is 35.9 Å². The van der Waals surface area contributed by atoms with E-state index in [0.717, 1.165) is 51.9 Å². The lowest BCUT2D eigenvalue weighted by molar-refractivity contribution is -0.140. The smallest absolute Gasteiger partial charge is 0.227 e. The van der Waals surface area contributed by atoms with Crippen molar-refractivity contribution in [3.8, 4) is 0 Å². The van der Waals surface area contributed by atoms with E-state index in [1.54, 1.807) is 0 Å². The Kier molecular flexibility index (Phi) is 6.27. The van der Waals surface area contributed by atoms with Crippen LogP contribution in [0.4, 0.5) is 0 Å². The fourth-order valence-corrected chi connectivity index (χ4v) is 4.10. The number of amides is 1. The first-order valence-corrected chi connectivity index (χ1v) is 9.45. The summed E-state index contributed by atoms with van der Waals surface area (Å²) in [6.45, 7) is 4.10. The summed E-state index contributed by atoms with van der Waals surface area (Å²) >= 11 is 0. The lowest BCUT2D eigenvalue weighted by Gasteiger charge is -2.36. The number of carbonyl (C=O) groups excluding carboxylic acids is 1. The van der Waals surface area contributed by atoms with Gasteiger partial charge in [-0.1, -0.05) is 43.2 Å². The van der Waals surface area contributed by atoms with Crippen molar-refractivity contribution in [2.45, 2.75) is 51.1 Å². The molecule has 3 heterocycles. The maximum absolute atomic E-state index is 12.8. The SMILES string of the molecule is O=C1[C@@H]2CC[C@@H](CN(CCCCCCO)C2)N1Cc1ccccc1. The molecule has 4 rings (SSSR count). The highest BCUT2D eigenvalue weighted by Gasteiger charge is 2.40. The molecule has 2 atom stereocenters. The van der Waals surface area contributed by atoms with Crippen molar-refractivity contribution >= 4 is 5.91 Å². The minimum atomic E-state index is 0.185. The predicted molar refractivity (Wildman–Crippen MR) is 95.5 cm³/mol. The molecule has 132 valence electrons. The molecule has 0 aliphatic carbocycles. The molecular weight excluding hydrogens is 300 g/mol. The van der Waals surface area contributed by atoms with E-state index in [9.17, 15) is 4.79 Å². The van der Waals surface area contributed by atoms with Crippen LogP contribution in [0.3, 0.4) is 0 Å². The van der Waals surface area contributed by atoms with Crippen molar-refractivity contribution in [2.75, 3.05) is 26.2 Å². The molecule has 3 fully saturated rings. The molecule has 0 unspecified atom stereocenters. The number of rotatable bonds is 8. The van der Waals surface area contributed by atoms with Gasteiger partial charge in [0.1, 0.15) is 0 Å². The molecular formula is C20H30N2O2. The molecule has 4 nitrogen and oxygen atoms in total. The minimum absolute atomic E-state index is 0.185. The van der Waals surface area contributed by atoms with Gasteiger partial charge in [0.05, 0.1) is 5.92 Å². The summed E-state index contributed by atoms with van der Waals surface area (Å²) in [4.78, 5) is 17.5. The summed E-state index contributed by atoms with van der Waals surface area (Å²) in [6.07, 6.45) is 6.56. The lowest BCUT2D eigenvalue weighted by Crippen LogP contribution is -2.47. The van der Waals surface area contributed by atoms with Crippen LogP contribution in [0.25, 0.3) is 0 Å². The number of benzene rings is 1. The normalized spacial score (nSPS) is 24.4. The Labute approximate surface area is 145 Å². The second-order valence-electron chi connectivity index (χ2n) is 7.28. The largest absolute Gasteiger partial charge is 0.396 e. The number of hydrogen-bond acceptors (Lipinski definition) is 3. The van der Waals surface area contributed by atoms with Crippen LogP contribution >= 0.6 is 0 Å². The Balaban J connectivity index is 1.57. The molecule has 0 spiro atoms. The standard InChI is InChI=1S/C20H30N2O2/c23-13-7-2-1-6-12-21-15-18-10-11-19(16-21)22(20(18)24)14-17-8-4-3-5-9-17/h3-5,8-9,18-19,23H,1-2,6-7,10-16H2/t18-,19+/m1/s1. The van der Waals surface area contributed by atoms with Gasteiger partial charge in [-0.2, -0.15) is 0 Å². The highest BCUT2D eigenvalue weighted by atomic mass is 16.2. The van der Waals surface area contributed by atoms with Gasteiger partial charge in [0.25, 0.3) is 0 Å². The summed E-state index contributed by atoms with van der Waals surface area (Å²) in [5, 5.41) is 8.86. The zero-order chi connectivity index (χ0) is 16.8. The molecule has 1 N–H and O–H groups in total. The van der Waals surface area contributed by atoms with Gasteiger partial charge >= 0.3 is 0 Å². The number of piperidine rings is 1. The first-order valence-electron chi connectivity index (χ1n) is 9.45. The Morgan fingerprint density at radius 2 is 1.79 bits per heavy atom. The number of aliphatic hydroxyl groups is 1. The van der Waals surface area contributed by atoms with Crippen LogP contribution in [0.5, 0.6) is 0 Å². The highest BCUT2D eigenvalue weighted by Crippen LogP contribution is 2.30. The quantitative estimate of drug-likeness (QED) is 0.745. The van der Waals surface area contributed by atoms with Gasteiger partial charge in [0.2, 0.25) is 5.91 Å². The molecule has 4 heteroatoms. The Hall–Kier alpha value is -1.39. The summed E-state index contributed by atoms with van der Waals surface area (Å²) in [7, 11) is 0. The number of unbranched alkanes of at least 4 members (excludes halogenated alkanes) is 3. The van der Waals surface area contributed by atoms with Gasteiger partial charge < -0.3 is 14.9 Å². The second kappa shape index (κ2) is 8.63. The number of carbonyl (C=O) groups is 1. The van der Waals surface area contributed by atoms with Crippen LogP contribution in [0.2, 0.25) is 0 Å². The molecule has 1 aromatic carbocycles. The summed E-state index contributed by atoms with van der Waals surface area (Å²) in [6, 6.07) is 10.7. The predicted octanol–water partition coefficient (Wildman–Crippen LogP) is 2.66. The van der Waals surface area contributed by atoms with E-state index < -0.39 is 0 Å². The molecule has 0 aromatic heterocycles. The van der Waals surface area contributed by atoms with E-state index in [-0.39, 0.29) is 5.92 Å². The zero-order valence-corrected chi connectivity index (χ0v) is 14.6. The molecule has 0 saturated carbocycles. The van der Waals surface area contributed by atoms with Crippen LogP contribution in [-0.2, 0) is 11.3 Å². The number of fused-ring (bicyclic) bond motifs is 4. The number of aliphatic hydroxyl groups excluding tert-OH is 1. The lowest BCUT2D eigenvalue weighted by atomic mass is 9.93. The molecule has 3 saturated heterocycles. The fraction of sp³-hybridized carbons (Fsp3) is 0.650. The van der Waals surface area contributed by atoms with E-state index in [2.05, 4.69) is 34.1 Å². The zero-order valence-electron chi connectivity index (χ0n) is 14.6. The van der Waals surface area contributed by atoms with Crippen LogP contribution in [0, 0.1) is 5.92 Å². The van der Waals surface area contributed by atoms with E-state index >= 15 is 0 Å². The third-order valence-electron chi connectivity index (χ3n) is 5.45. The maximum atomic E-state index is 12.8. The van der Waals surface area contributed by atoms with E-state index in [4.69, 9.17) is 5.11 Å². The molecule has 1 amide bonds. The molecule has 0 radical (unpaired) electrons. The first-order chi connectivity index (χ1) is 11.8. The van der Waals surface area contributed by atoms with Crippen molar-refractivity contribution in [1.82, 2.24) is 9.80 Å². The van der Waals surface area contributed by atoms with E-state index in [1.807, 2.05) is 6.07 Å². The summed E-state index contributed by atoms with van der Waals surface area (Å²) in [5.41, 5.74) is 1.23. The van der Waals surface area contributed by atoms with Gasteiger partial charge in [0.15, 0.2) is 0 Å². The van der Waals surface area contributed by atoms with Crippen molar-refractivity contribution in [1.29, 1.82) is 0 Å². The average molecular weight is 330 g/mol. The van der Waals surface area contributed by atoms with Crippen LogP contribution < -0.4 is 0 Å². The summed E-state index contributed by atoms with van der Waals surface area (Å²) in [5.74, 6) is 0.544. The topological polar surface area (TPSA) is 43.8 Å². The third-order valence-corrected chi connectivity index (χ3v) is 5.45. The van der Waals surface area contributed by atoms with Gasteiger partial charge in [-0.3, -0.25) is 4.79 Å². The van der Waals surface area contributed by atoms with Gasteiger partial charge in [-0.25, -0.2) is 0 Å². The van der Waals surface area contributed by atoms with Crippen LogP contribution in [-0.4, -0.2) is 53.1 Å². The minimum Gasteiger partial charge on any atom is -0.396 e. The van der Waals surface area contributed by atoms with Crippen molar-refractivity contribution in [3.63, 3.8) is 0 Å². The van der Waals surface area contributed by atoms with Gasteiger partial charge in [0, 0.05) is 32.3 Å². The maximum Gasteiger partial charge on any atom is 0.227 e. The van der Waals surface area contributed by atoms with Crippen LogP contribution in [0.1, 0.15) is 44.1 Å².